The topological polar surface area (TPSA) is 12.5 Å². The Morgan fingerprint density at radius 2 is 2.20 bits per heavy atom. The van der Waals surface area contributed by atoms with E-state index in [4.69, 9.17) is 4.74 Å². The lowest BCUT2D eigenvalue weighted by Crippen LogP contribution is -2.41. The van der Waals surface area contributed by atoms with Crippen LogP contribution in [-0.2, 0) is 17.7 Å². The number of thiophene rings is 1. The minimum absolute atomic E-state index is 0.770. The first-order chi connectivity index (χ1) is 7.43. The van der Waals surface area contributed by atoms with E-state index in [9.17, 15) is 0 Å². The highest BCUT2D eigenvalue weighted by molar-refractivity contribution is 7.10. The van der Waals surface area contributed by atoms with E-state index in [1.54, 1.807) is 10.4 Å². The highest BCUT2D eigenvalue weighted by Gasteiger charge is 2.25. The molecule has 1 aromatic rings. The minimum Gasteiger partial charge on any atom is -0.381 e. The molecule has 2 aliphatic heterocycles. The van der Waals surface area contributed by atoms with Gasteiger partial charge in [-0.1, -0.05) is 0 Å². The fourth-order valence-electron chi connectivity index (χ4n) is 2.63. The molecule has 15 heavy (non-hydrogen) atoms. The van der Waals surface area contributed by atoms with Gasteiger partial charge in [0, 0.05) is 37.2 Å². The van der Waals surface area contributed by atoms with Gasteiger partial charge in [0.2, 0.25) is 0 Å². The van der Waals surface area contributed by atoms with Crippen LogP contribution in [0.15, 0.2) is 11.4 Å². The molecule has 0 amide bonds. The quantitative estimate of drug-likeness (QED) is 0.724. The number of fused-ring (bicyclic) bond motifs is 1. The molecule has 0 unspecified atom stereocenters. The van der Waals surface area contributed by atoms with Crippen molar-refractivity contribution in [3.63, 3.8) is 0 Å². The third kappa shape index (κ3) is 1.96. The maximum atomic E-state index is 5.42. The zero-order chi connectivity index (χ0) is 10.1. The molecular weight excluding hydrogens is 206 g/mol. The summed E-state index contributed by atoms with van der Waals surface area (Å²) in [6.07, 6.45) is 3.70. The molecular formula is C12H17NOS. The zero-order valence-corrected chi connectivity index (χ0v) is 9.76. The van der Waals surface area contributed by atoms with Crippen LogP contribution < -0.4 is 0 Å². The van der Waals surface area contributed by atoms with Gasteiger partial charge in [0.1, 0.15) is 0 Å². The third-order valence-corrected chi connectivity index (χ3v) is 4.57. The number of ether oxygens (including phenoxy) is 1. The largest absolute Gasteiger partial charge is 0.381 e. The van der Waals surface area contributed by atoms with Gasteiger partial charge in [-0.15, -0.1) is 11.3 Å². The van der Waals surface area contributed by atoms with Crippen LogP contribution in [-0.4, -0.2) is 30.7 Å². The van der Waals surface area contributed by atoms with E-state index in [-0.39, 0.29) is 0 Å². The summed E-state index contributed by atoms with van der Waals surface area (Å²) in [6, 6.07) is 3.07. The number of hydrogen-bond acceptors (Lipinski definition) is 3. The molecule has 0 aromatic carbocycles. The Hall–Kier alpha value is -0.380. The van der Waals surface area contributed by atoms with Gasteiger partial charge in [0.25, 0.3) is 0 Å². The second-order valence-corrected chi connectivity index (χ2v) is 5.43. The SMILES string of the molecule is c1cc2c(s1)CCN(C1CCOCC1)C2. The van der Waals surface area contributed by atoms with E-state index in [0.29, 0.717) is 0 Å². The predicted molar refractivity (Wildman–Crippen MR) is 62.3 cm³/mol. The van der Waals surface area contributed by atoms with E-state index >= 15 is 0 Å². The highest BCUT2D eigenvalue weighted by atomic mass is 32.1. The van der Waals surface area contributed by atoms with E-state index in [2.05, 4.69) is 16.3 Å². The lowest BCUT2D eigenvalue weighted by molar-refractivity contribution is 0.0293. The summed E-state index contributed by atoms with van der Waals surface area (Å²) in [5.74, 6) is 0. The normalized spacial score (nSPS) is 24.0. The number of nitrogens with zero attached hydrogens (tertiary/aromatic N) is 1. The van der Waals surface area contributed by atoms with Crippen LogP contribution in [0, 0.1) is 0 Å². The molecule has 0 saturated carbocycles. The second-order valence-electron chi connectivity index (χ2n) is 4.43. The Morgan fingerprint density at radius 1 is 1.33 bits per heavy atom. The van der Waals surface area contributed by atoms with Crippen molar-refractivity contribution >= 4 is 11.3 Å². The maximum absolute atomic E-state index is 5.42. The first-order valence-electron chi connectivity index (χ1n) is 5.80. The Kier molecular flexibility index (Phi) is 2.77. The van der Waals surface area contributed by atoms with Crippen molar-refractivity contribution in [3.05, 3.63) is 21.9 Å². The van der Waals surface area contributed by atoms with Crippen molar-refractivity contribution in [2.75, 3.05) is 19.8 Å². The zero-order valence-electron chi connectivity index (χ0n) is 8.95. The summed E-state index contributed by atoms with van der Waals surface area (Å²) in [7, 11) is 0. The van der Waals surface area contributed by atoms with Gasteiger partial charge in [0.15, 0.2) is 0 Å². The molecule has 0 aliphatic carbocycles. The third-order valence-electron chi connectivity index (χ3n) is 3.54. The summed E-state index contributed by atoms with van der Waals surface area (Å²) < 4.78 is 5.42. The summed E-state index contributed by atoms with van der Waals surface area (Å²) in [5, 5.41) is 2.23. The van der Waals surface area contributed by atoms with Gasteiger partial charge in [-0.05, 0) is 36.3 Å². The van der Waals surface area contributed by atoms with Crippen LogP contribution in [0.3, 0.4) is 0 Å². The van der Waals surface area contributed by atoms with Gasteiger partial charge in [-0.3, -0.25) is 4.90 Å². The molecule has 0 atom stereocenters. The predicted octanol–water partition coefficient (Wildman–Crippen LogP) is 2.29. The van der Waals surface area contributed by atoms with Crippen LogP contribution >= 0.6 is 11.3 Å². The lowest BCUT2D eigenvalue weighted by Gasteiger charge is -2.36. The number of rotatable bonds is 1. The average Bonchev–Trinajstić information content (AvgIpc) is 2.77. The first-order valence-corrected chi connectivity index (χ1v) is 6.68. The van der Waals surface area contributed by atoms with Crippen LogP contribution in [0.2, 0.25) is 0 Å². The van der Waals surface area contributed by atoms with Crippen molar-refractivity contribution in [1.29, 1.82) is 0 Å². The van der Waals surface area contributed by atoms with Crippen molar-refractivity contribution in [1.82, 2.24) is 4.90 Å². The fourth-order valence-corrected chi connectivity index (χ4v) is 3.52. The van der Waals surface area contributed by atoms with Crippen LogP contribution in [0.5, 0.6) is 0 Å². The molecule has 3 rings (SSSR count). The van der Waals surface area contributed by atoms with Gasteiger partial charge in [-0.25, -0.2) is 0 Å². The van der Waals surface area contributed by atoms with Crippen LogP contribution in [0.4, 0.5) is 0 Å². The summed E-state index contributed by atoms with van der Waals surface area (Å²) in [5.41, 5.74) is 1.57. The summed E-state index contributed by atoms with van der Waals surface area (Å²) in [6.45, 7) is 4.33. The monoisotopic (exact) mass is 223 g/mol. The molecule has 1 aromatic heterocycles. The molecule has 1 saturated heterocycles. The molecule has 1 fully saturated rings. The van der Waals surface area contributed by atoms with E-state index in [1.807, 2.05) is 11.3 Å². The van der Waals surface area contributed by atoms with Crippen molar-refractivity contribution in [2.24, 2.45) is 0 Å². The Labute approximate surface area is 94.9 Å². The van der Waals surface area contributed by atoms with Crippen molar-refractivity contribution in [2.45, 2.75) is 31.8 Å². The molecule has 3 heterocycles. The van der Waals surface area contributed by atoms with E-state index < -0.39 is 0 Å². The lowest BCUT2D eigenvalue weighted by atomic mass is 10.0. The summed E-state index contributed by atoms with van der Waals surface area (Å²) >= 11 is 1.92. The first kappa shape index (κ1) is 9.82. The van der Waals surface area contributed by atoms with Gasteiger partial charge in [-0.2, -0.15) is 0 Å². The molecule has 0 bridgehead atoms. The standard InChI is InChI=1S/C12H17NOS/c1-5-13(11-2-6-14-7-3-11)9-10-4-8-15-12(1)10/h4,8,11H,1-3,5-7,9H2. The van der Waals surface area contributed by atoms with Crippen molar-refractivity contribution in [3.8, 4) is 0 Å². The van der Waals surface area contributed by atoms with E-state index in [1.165, 1.54) is 32.4 Å². The van der Waals surface area contributed by atoms with Crippen LogP contribution in [0.1, 0.15) is 23.3 Å². The van der Waals surface area contributed by atoms with Gasteiger partial charge < -0.3 is 4.74 Å². The average molecular weight is 223 g/mol. The number of hydrogen-bond donors (Lipinski definition) is 0. The Morgan fingerprint density at radius 3 is 3.07 bits per heavy atom. The molecule has 82 valence electrons. The summed E-state index contributed by atoms with van der Waals surface area (Å²) in [4.78, 5) is 4.26. The minimum atomic E-state index is 0.770. The Bertz CT molecular complexity index is 330. The van der Waals surface area contributed by atoms with Gasteiger partial charge in [0.05, 0.1) is 0 Å². The van der Waals surface area contributed by atoms with Gasteiger partial charge >= 0.3 is 0 Å². The molecule has 0 spiro atoms. The van der Waals surface area contributed by atoms with E-state index in [0.717, 1.165) is 19.3 Å². The molecule has 0 N–H and O–H groups in total. The highest BCUT2D eigenvalue weighted by Crippen LogP contribution is 2.27. The second kappa shape index (κ2) is 4.24. The smallest absolute Gasteiger partial charge is 0.0480 e. The molecule has 2 nitrogen and oxygen atoms in total. The Balaban J connectivity index is 1.69. The van der Waals surface area contributed by atoms with Crippen LogP contribution in [0.25, 0.3) is 0 Å². The molecule has 3 heteroatoms. The molecule has 2 aliphatic rings. The maximum Gasteiger partial charge on any atom is 0.0480 e. The molecule has 0 radical (unpaired) electrons. The fraction of sp³-hybridized carbons (Fsp3) is 0.667. The van der Waals surface area contributed by atoms with Crippen molar-refractivity contribution < 1.29 is 4.74 Å².